The molecular weight excluding hydrogens is 306 g/mol. The molecule has 1 aromatic rings. The van der Waals surface area contributed by atoms with Gasteiger partial charge in [-0.05, 0) is 31.7 Å². The summed E-state index contributed by atoms with van der Waals surface area (Å²) in [7, 11) is 0. The highest BCUT2D eigenvalue weighted by atomic mass is 16.6. The van der Waals surface area contributed by atoms with E-state index in [1.165, 1.54) is 0 Å². The van der Waals surface area contributed by atoms with E-state index in [0.717, 1.165) is 12.0 Å². The van der Waals surface area contributed by atoms with Gasteiger partial charge in [-0.25, -0.2) is 4.79 Å². The Kier molecular flexibility index (Phi) is 4.83. The summed E-state index contributed by atoms with van der Waals surface area (Å²) in [6, 6.07) is 9.70. The Morgan fingerprint density at radius 2 is 2.00 bits per heavy atom. The molecule has 2 saturated heterocycles. The third-order valence-electron chi connectivity index (χ3n) is 4.56. The van der Waals surface area contributed by atoms with Gasteiger partial charge in [0.2, 0.25) is 0 Å². The lowest BCUT2D eigenvalue weighted by Crippen LogP contribution is -2.49. The van der Waals surface area contributed by atoms with E-state index in [0.29, 0.717) is 12.5 Å². The Labute approximate surface area is 143 Å². The molecule has 0 radical (unpaired) electrons. The molecule has 1 aromatic carbocycles. The maximum absolute atomic E-state index is 12.8. The molecule has 0 bridgehead atoms. The van der Waals surface area contributed by atoms with Crippen molar-refractivity contribution in [2.45, 2.75) is 64.7 Å². The third kappa shape index (κ3) is 3.73. The molecule has 2 aliphatic heterocycles. The van der Waals surface area contributed by atoms with Gasteiger partial charge in [-0.15, -0.1) is 0 Å². The summed E-state index contributed by atoms with van der Waals surface area (Å²) >= 11 is 0. The molecule has 2 heterocycles. The fraction of sp³-hybridized carbons (Fsp3) is 0.632. The van der Waals surface area contributed by atoms with Gasteiger partial charge in [0.1, 0.15) is 24.5 Å². The molecule has 5 heteroatoms. The fourth-order valence-corrected chi connectivity index (χ4v) is 3.45. The van der Waals surface area contributed by atoms with Crippen LogP contribution in [-0.2, 0) is 20.8 Å². The highest BCUT2D eigenvalue weighted by Gasteiger charge is 2.55. The van der Waals surface area contributed by atoms with Gasteiger partial charge in [-0.1, -0.05) is 44.2 Å². The molecular formula is C19H27NO4. The summed E-state index contributed by atoms with van der Waals surface area (Å²) in [5, 5.41) is 0. The fourth-order valence-electron chi connectivity index (χ4n) is 3.45. The predicted molar refractivity (Wildman–Crippen MR) is 90.4 cm³/mol. The molecule has 0 saturated carbocycles. The van der Waals surface area contributed by atoms with Crippen LogP contribution in [0.15, 0.2) is 30.3 Å². The number of hydrogen-bond acceptors (Lipinski definition) is 4. The van der Waals surface area contributed by atoms with Crippen LogP contribution in [-0.4, -0.2) is 41.6 Å². The minimum atomic E-state index is -0.691. The average Bonchev–Trinajstić information content (AvgIpc) is 3.31. The molecule has 3 atom stereocenters. The normalized spacial score (nSPS) is 28.2. The molecule has 132 valence electrons. The number of benzene rings is 1. The molecule has 0 aliphatic carbocycles. The number of carbonyl (C=O) groups excluding carboxylic acids is 1. The molecule has 1 amide bonds. The van der Waals surface area contributed by atoms with Crippen molar-refractivity contribution in [3.8, 4) is 0 Å². The molecule has 0 aromatic heterocycles. The zero-order valence-corrected chi connectivity index (χ0v) is 14.9. The Bertz CT molecular complexity index is 568. The summed E-state index contributed by atoms with van der Waals surface area (Å²) in [4.78, 5) is 14.6. The van der Waals surface area contributed by atoms with E-state index in [1.54, 1.807) is 4.90 Å². The van der Waals surface area contributed by atoms with Crippen LogP contribution in [0.4, 0.5) is 4.79 Å². The molecule has 24 heavy (non-hydrogen) atoms. The molecule has 0 unspecified atom stereocenters. The molecule has 2 fully saturated rings. The molecule has 2 aliphatic rings. The summed E-state index contributed by atoms with van der Waals surface area (Å²) in [5.41, 5.74) is 0.287. The van der Waals surface area contributed by atoms with Crippen molar-refractivity contribution >= 4 is 6.09 Å². The number of hydrogen-bond donors (Lipinski definition) is 0. The van der Waals surface area contributed by atoms with Crippen molar-refractivity contribution in [2.75, 3.05) is 6.61 Å². The van der Waals surface area contributed by atoms with Crippen molar-refractivity contribution in [1.29, 1.82) is 0 Å². The van der Waals surface area contributed by atoms with Crippen molar-refractivity contribution < 1.29 is 19.0 Å². The van der Waals surface area contributed by atoms with Gasteiger partial charge in [0.05, 0.1) is 12.6 Å². The van der Waals surface area contributed by atoms with Gasteiger partial charge >= 0.3 is 6.09 Å². The zero-order valence-electron chi connectivity index (χ0n) is 14.9. The molecule has 3 rings (SSSR count). The predicted octanol–water partition coefficient (Wildman–Crippen LogP) is 3.57. The average molecular weight is 333 g/mol. The third-order valence-corrected chi connectivity index (χ3v) is 4.56. The smallest absolute Gasteiger partial charge is 0.412 e. The van der Waals surface area contributed by atoms with Crippen LogP contribution >= 0.6 is 0 Å². The first-order valence-electron chi connectivity index (χ1n) is 8.68. The standard InChI is InChI=1S/C19H27NO4/c1-13(2)10-15-17(16-12-22-16)24-19(3,4)20(15)18(21)23-11-14-8-6-5-7-9-14/h5-9,13,15-17H,10-12H2,1-4H3/t15-,16+,17+/m0/s1. The van der Waals surface area contributed by atoms with Gasteiger partial charge in [0.25, 0.3) is 0 Å². The van der Waals surface area contributed by atoms with Crippen molar-refractivity contribution in [1.82, 2.24) is 4.90 Å². The minimum Gasteiger partial charge on any atom is -0.444 e. The lowest BCUT2D eigenvalue weighted by molar-refractivity contribution is -0.0755. The van der Waals surface area contributed by atoms with Gasteiger partial charge in [-0.3, -0.25) is 4.90 Å². The summed E-state index contributed by atoms with van der Waals surface area (Å²) in [5.74, 6) is 0.457. The quantitative estimate of drug-likeness (QED) is 0.773. The number of amides is 1. The Hall–Kier alpha value is -1.59. The highest BCUT2D eigenvalue weighted by Crippen LogP contribution is 2.40. The minimum absolute atomic E-state index is 0.0178. The number of nitrogens with zero attached hydrogens (tertiary/aromatic N) is 1. The van der Waals surface area contributed by atoms with Crippen LogP contribution in [0.3, 0.4) is 0 Å². The Morgan fingerprint density at radius 3 is 2.58 bits per heavy atom. The maximum Gasteiger partial charge on any atom is 0.412 e. The largest absolute Gasteiger partial charge is 0.444 e. The highest BCUT2D eigenvalue weighted by molar-refractivity contribution is 5.69. The molecule has 0 spiro atoms. The van der Waals surface area contributed by atoms with Gasteiger partial charge in [0.15, 0.2) is 0 Å². The topological polar surface area (TPSA) is 51.3 Å². The summed E-state index contributed by atoms with van der Waals surface area (Å²) < 4.78 is 17.2. The second-order valence-corrected chi connectivity index (χ2v) is 7.51. The monoisotopic (exact) mass is 333 g/mol. The van der Waals surface area contributed by atoms with Crippen LogP contribution in [0.5, 0.6) is 0 Å². The van der Waals surface area contributed by atoms with E-state index in [1.807, 2.05) is 44.2 Å². The number of rotatable bonds is 5. The first-order chi connectivity index (χ1) is 11.4. The van der Waals surface area contributed by atoms with Gasteiger partial charge in [-0.2, -0.15) is 0 Å². The van der Waals surface area contributed by atoms with Crippen LogP contribution in [0.1, 0.15) is 39.7 Å². The van der Waals surface area contributed by atoms with Crippen molar-refractivity contribution in [2.24, 2.45) is 5.92 Å². The lowest BCUT2D eigenvalue weighted by atomic mass is 9.97. The zero-order chi connectivity index (χ0) is 17.3. The summed E-state index contributed by atoms with van der Waals surface area (Å²) in [6.45, 7) is 9.14. The van der Waals surface area contributed by atoms with Crippen molar-refractivity contribution in [3.63, 3.8) is 0 Å². The van der Waals surface area contributed by atoms with Crippen LogP contribution < -0.4 is 0 Å². The van der Waals surface area contributed by atoms with E-state index in [-0.39, 0.29) is 30.9 Å². The van der Waals surface area contributed by atoms with Crippen LogP contribution in [0.2, 0.25) is 0 Å². The van der Waals surface area contributed by atoms with E-state index in [4.69, 9.17) is 14.2 Å². The van der Waals surface area contributed by atoms with E-state index in [9.17, 15) is 4.79 Å². The number of ether oxygens (including phenoxy) is 3. The van der Waals surface area contributed by atoms with Gasteiger partial charge < -0.3 is 14.2 Å². The number of carbonyl (C=O) groups is 1. The second kappa shape index (κ2) is 6.73. The van der Waals surface area contributed by atoms with Crippen LogP contribution in [0, 0.1) is 5.92 Å². The van der Waals surface area contributed by atoms with Crippen molar-refractivity contribution in [3.05, 3.63) is 35.9 Å². The summed E-state index contributed by atoms with van der Waals surface area (Å²) in [6.07, 6.45) is 0.568. The maximum atomic E-state index is 12.8. The first-order valence-corrected chi connectivity index (χ1v) is 8.68. The lowest BCUT2D eigenvalue weighted by Gasteiger charge is -2.33. The first kappa shape index (κ1) is 17.2. The Balaban J connectivity index is 1.72. The molecule has 5 nitrogen and oxygen atoms in total. The van der Waals surface area contributed by atoms with Gasteiger partial charge in [0, 0.05) is 0 Å². The second-order valence-electron chi connectivity index (χ2n) is 7.51. The van der Waals surface area contributed by atoms with E-state index < -0.39 is 5.72 Å². The Morgan fingerprint density at radius 1 is 1.33 bits per heavy atom. The van der Waals surface area contributed by atoms with E-state index in [2.05, 4.69) is 13.8 Å². The van der Waals surface area contributed by atoms with E-state index >= 15 is 0 Å². The van der Waals surface area contributed by atoms with Crippen LogP contribution in [0.25, 0.3) is 0 Å². The number of epoxide rings is 1. The molecule has 0 N–H and O–H groups in total. The SMILES string of the molecule is CC(C)C[C@H]1[C@H]([C@H]2CO2)OC(C)(C)N1C(=O)OCc1ccccc1.